The van der Waals surface area contributed by atoms with Crippen LogP contribution in [0.25, 0.3) is 0 Å². The van der Waals surface area contributed by atoms with Gasteiger partial charge in [0.1, 0.15) is 0 Å². The third kappa shape index (κ3) is 3.76. The molecule has 2 heterocycles. The first-order valence-corrected chi connectivity index (χ1v) is 9.08. The number of amides is 1. The topological polar surface area (TPSA) is 55.4 Å². The molecule has 0 aliphatic carbocycles. The second-order valence-corrected chi connectivity index (χ2v) is 7.50. The Balaban J connectivity index is 1.68. The molecule has 2 unspecified atom stereocenters. The second kappa shape index (κ2) is 7.19. The highest BCUT2D eigenvalue weighted by Crippen LogP contribution is 2.37. The van der Waals surface area contributed by atoms with Crippen LogP contribution in [-0.2, 0) is 20.7 Å². The van der Waals surface area contributed by atoms with Gasteiger partial charge in [-0.15, -0.1) is 23.1 Å². The fraction of sp³-hybridized carbons (Fsp3) is 0.294. The van der Waals surface area contributed by atoms with E-state index < -0.39 is 0 Å². The fourth-order valence-electron chi connectivity index (χ4n) is 2.56. The number of nitrogens with one attached hydrogen (secondary N) is 1. The molecule has 2 atom stereocenters. The average molecular weight is 347 g/mol. The molecular weight excluding hydrogens is 330 g/mol. The first kappa shape index (κ1) is 16.1. The van der Waals surface area contributed by atoms with Gasteiger partial charge in [0, 0.05) is 9.77 Å². The molecule has 1 N–H and O–H groups in total. The van der Waals surface area contributed by atoms with Gasteiger partial charge in [-0.2, -0.15) is 0 Å². The normalized spacial score (nSPS) is 17.3. The first-order chi connectivity index (χ1) is 11.2. The lowest BCUT2D eigenvalue weighted by Gasteiger charge is -2.18. The standard InChI is InChI=1S/C17H17NO3S2/c1-21-16(19)10-12(14-7-4-8-22-14)18-17(20)15-9-11-5-2-3-6-13(11)23-15/h2-8,12,15H,9-10H2,1H3,(H,18,20). The van der Waals surface area contributed by atoms with Crippen LogP contribution < -0.4 is 5.32 Å². The number of hydrogen-bond donors (Lipinski definition) is 1. The summed E-state index contributed by atoms with van der Waals surface area (Å²) in [5.41, 5.74) is 1.21. The summed E-state index contributed by atoms with van der Waals surface area (Å²) < 4.78 is 4.75. The van der Waals surface area contributed by atoms with Gasteiger partial charge in [-0.3, -0.25) is 9.59 Å². The molecule has 120 valence electrons. The van der Waals surface area contributed by atoms with E-state index >= 15 is 0 Å². The summed E-state index contributed by atoms with van der Waals surface area (Å²) in [5, 5.41) is 4.80. The van der Waals surface area contributed by atoms with E-state index in [9.17, 15) is 9.59 Å². The van der Waals surface area contributed by atoms with Crippen molar-refractivity contribution < 1.29 is 14.3 Å². The Morgan fingerprint density at radius 2 is 2.13 bits per heavy atom. The molecule has 1 aliphatic heterocycles. The lowest BCUT2D eigenvalue weighted by molar-refractivity contribution is -0.141. The van der Waals surface area contributed by atoms with Gasteiger partial charge in [-0.1, -0.05) is 24.3 Å². The minimum absolute atomic E-state index is 0.0338. The molecule has 0 spiro atoms. The molecule has 2 aromatic rings. The number of methoxy groups -OCH3 is 1. The minimum Gasteiger partial charge on any atom is -0.469 e. The van der Waals surface area contributed by atoms with Gasteiger partial charge in [-0.05, 0) is 29.5 Å². The number of ether oxygens (including phenoxy) is 1. The van der Waals surface area contributed by atoms with Crippen molar-refractivity contribution in [2.45, 2.75) is 29.0 Å². The minimum atomic E-state index is -0.334. The molecule has 1 aromatic carbocycles. The van der Waals surface area contributed by atoms with Crippen molar-refractivity contribution in [2.75, 3.05) is 7.11 Å². The number of carbonyl (C=O) groups excluding carboxylic acids is 2. The summed E-state index contributed by atoms with van der Waals surface area (Å²) in [6, 6.07) is 11.6. The Bertz CT molecular complexity index is 675. The Hall–Kier alpha value is -1.79. The van der Waals surface area contributed by atoms with E-state index in [1.165, 1.54) is 24.0 Å². The monoisotopic (exact) mass is 347 g/mol. The van der Waals surface area contributed by atoms with Gasteiger partial charge in [0.05, 0.1) is 24.8 Å². The van der Waals surface area contributed by atoms with E-state index in [1.807, 2.05) is 35.7 Å². The molecule has 0 saturated heterocycles. The van der Waals surface area contributed by atoms with E-state index in [0.717, 1.165) is 16.2 Å². The Kier molecular flexibility index (Phi) is 5.03. The van der Waals surface area contributed by atoms with Gasteiger partial charge in [0.2, 0.25) is 5.91 Å². The smallest absolute Gasteiger partial charge is 0.307 e. The SMILES string of the molecule is COC(=O)CC(NC(=O)C1Cc2ccccc2S1)c1cccs1. The maximum atomic E-state index is 12.6. The van der Waals surface area contributed by atoms with Crippen molar-refractivity contribution in [3.05, 3.63) is 52.2 Å². The number of esters is 1. The molecule has 23 heavy (non-hydrogen) atoms. The molecule has 1 amide bonds. The number of thioether (sulfide) groups is 1. The van der Waals surface area contributed by atoms with Gasteiger partial charge in [-0.25, -0.2) is 0 Å². The van der Waals surface area contributed by atoms with Crippen LogP contribution in [0.1, 0.15) is 22.9 Å². The van der Waals surface area contributed by atoms with E-state index in [4.69, 9.17) is 4.74 Å². The highest BCUT2D eigenvalue weighted by molar-refractivity contribution is 8.01. The zero-order chi connectivity index (χ0) is 16.2. The van der Waals surface area contributed by atoms with E-state index in [2.05, 4.69) is 11.4 Å². The summed E-state index contributed by atoms with van der Waals surface area (Å²) in [6.45, 7) is 0. The third-order valence-electron chi connectivity index (χ3n) is 3.74. The van der Waals surface area contributed by atoms with E-state index in [-0.39, 0.29) is 29.6 Å². The zero-order valence-corrected chi connectivity index (χ0v) is 14.3. The molecule has 3 rings (SSSR count). The number of rotatable bonds is 5. The van der Waals surface area contributed by atoms with Crippen LogP contribution in [0.3, 0.4) is 0 Å². The second-order valence-electron chi connectivity index (χ2n) is 5.28. The Morgan fingerprint density at radius 3 is 2.83 bits per heavy atom. The van der Waals surface area contributed by atoms with Crippen LogP contribution in [0, 0.1) is 0 Å². The van der Waals surface area contributed by atoms with Crippen LogP contribution in [0.5, 0.6) is 0 Å². The largest absolute Gasteiger partial charge is 0.469 e. The zero-order valence-electron chi connectivity index (χ0n) is 12.7. The molecule has 0 radical (unpaired) electrons. The van der Waals surface area contributed by atoms with Crippen molar-refractivity contribution in [1.29, 1.82) is 0 Å². The van der Waals surface area contributed by atoms with Crippen molar-refractivity contribution in [1.82, 2.24) is 5.32 Å². The lowest BCUT2D eigenvalue weighted by atomic mass is 10.1. The summed E-state index contributed by atoms with van der Waals surface area (Å²) in [4.78, 5) is 26.4. The van der Waals surface area contributed by atoms with Crippen molar-refractivity contribution in [3.8, 4) is 0 Å². The molecule has 4 nitrogen and oxygen atoms in total. The molecule has 1 aromatic heterocycles. The van der Waals surface area contributed by atoms with Crippen LogP contribution >= 0.6 is 23.1 Å². The Morgan fingerprint density at radius 1 is 1.30 bits per heavy atom. The van der Waals surface area contributed by atoms with Crippen molar-refractivity contribution in [2.24, 2.45) is 0 Å². The number of fused-ring (bicyclic) bond motifs is 1. The summed E-state index contributed by atoms with van der Waals surface area (Å²) in [6.07, 6.45) is 0.870. The van der Waals surface area contributed by atoms with Gasteiger partial charge in [0.15, 0.2) is 0 Å². The van der Waals surface area contributed by atoms with Crippen LogP contribution in [0.2, 0.25) is 0 Å². The molecule has 0 bridgehead atoms. The van der Waals surface area contributed by atoms with Crippen molar-refractivity contribution in [3.63, 3.8) is 0 Å². The molecular formula is C17H17NO3S2. The highest BCUT2D eigenvalue weighted by Gasteiger charge is 2.30. The lowest BCUT2D eigenvalue weighted by Crippen LogP contribution is -2.36. The Labute approximate surface area is 143 Å². The number of carbonyl (C=O) groups is 2. The quantitative estimate of drug-likeness (QED) is 0.844. The fourth-order valence-corrected chi connectivity index (χ4v) is 4.54. The van der Waals surface area contributed by atoms with Crippen LogP contribution in [0.15, 0.2) is 46.7 Å². The van der Waals surface area contributed by atoms with Crippen LogP contribution in [0.4, 0.5) is 0 Å². The molecule has 6 heteroatoms. The number of thiophene rings is 1. The predicted molar refractivity (Wildman–Crippen MR) is 91.6 cm³/mol. The van der Waals surface area contributed by atoms with E-state index in [0.29, 0.717) is 0 Å². The maximum Gasteiger partial charge on any atom is 0.307 e. The molecule has 0 fully saturated rings. The summed E-state index contributed by atoms with van der Waals surface area (Å²) in [7, 11) is 1.36. The molecule has 0 saturated carbocycles. The van der Waals surface area contributed by atoms with Gasteiger partial charge < -0.3 is 10.1 Å². The predicted octanol–water partition coefficient (Wildman–Crippen LogP) is 3.19. The van der Waals surface area contributed by atoms with Gasteiger partial charge in [0.25, 0.3) is 0 Å². The average Bonchev–Trinajstić information content (AvgIpc) is 3.23. The first-order valence-electron chi connectivity index (χ1n) is 7.32. The van der Waals surface area contributed by atoms with Gasteiger partial charge >= 0.3 is 5.97 Å². The summed E-state index contributed by atoms with van der Waals surface area (Å²) >= 11 is 3.11. The maximum absolute atomic E-state index is 12.6. The van der Waals surface area contributed by atoms with E-state index in [1.54, 1.807) is 11.8 Å². The highest BCUT2D eigenvalue weighted by atomic mass is 32.2. The van der Waals surface area contributed by atoms with Crippen LogP contribution in [-0.4, -0.2) is 24.2 Å². The molecule has 1 aliphatic rings. The summed E-state index contributed by atoms with van der Waals surface area (Å²) in [5.74, 6) is -0.362. The van der Waals surface area contributed by atoms with Crippen molar-refractivity contribution >= 4 is 35.0 Å². The number of benzene rings is 1. The third-order valence-corrected chi connectivity index (χ3v) is 6.04. The number of hydrogen-bond acceptors (Lipinski definition) is 5.